The van der Waals surface area contributed by atoms with E-state index in [9.17, 15) is 19.6 Å². The molecule has 0 bridgehead atoms. The molecule has 5 atom stereocenters. The Balaban J connectivity index is 1.44. The van der Waals surface area contributed by atoms with Crippen LogP contribution in [0.25, 0.3) is 5.52 Å². The molecule has 3 aromatic rings. The number of nitrogens with one attached hydrogen (secondary N) is 1. The molecule has 12 heteroatoms. The van der Waals surface area contributed by atoms with Gasteiger partial charge in [0.25, 0.3) is 0 Å². The van der Waals surface area contributed by atoms with Crippen molar-refractivity contribution in [2.24, 2.45) is 5.73 Å². The van der Waals surface area contributed by atoms with Gasteiger partial charge in [0.15, 0.2) is 11.6 Å². The molecule has 11 nitrogen and oxygen atoms in total. The van der Waals surface area contributed by atoms with Crippen molar-refractivity contribution in [1.82, 2.24) is 14.6 Å². The van der Waals surface area contributed by atoms with E-state index in [0.29, 0.717) is 16.8 Å². The molecular weight excluding hydrogens is 471 g/mol. The molecule has 2 aliphatic rings. The van der Waals surface area contributed by atoms with Crippen LogP contribution in [-0.2, 0) is 31.0 Å². The smallest absolute Gasteiger partial charge is 0.242 e. The van der Waals surface area contributed by atoms with E-state index in [1.54, 1.807) is 38.1 Å². The number of ether oxygens (including phenoxy) is 3. The fourth-order valence-corrected chi connectivity index (χ4v) is 4.73. The minimum atomic E-state index is -1.63. The molecule has 0 aliphatic carbocycles. The molecule has 1 aromatic carbocycles. The lowest BCUT2D eigenvalue weighted by Crippen LogP contribution is -2.41. The van der Waals surface area contributed by atoms with Gasteiger partial charge in [-0.2, -0.15) is 10.4 Å². The molecule has 4 heterocycles. The van der Waals surface area contributed by atoms with Crippen molar-refractivity contribution in [3.8, 4) is 6.07 Å². The predicted octanol–water partition coefficient (Wildman–Crippen LogP) is 1.01. The highest BCUT2D eigenvalue weighted by molar-refractivity contribution is 5.97. The molecule has 2 aliphatic heterocycles. The normalized spacial score (nSPS) is 27.5. The Morgan fingerprint density at radius 3 is 2.72 bits per heavy atom. The molecule has 5 rings (SSSR count). The number of amides is 1. The zero-order valence-electron chi connectivity index (χ0n) is 19.6. The Bertz CT molecular complexity index is 1340. The molecule has 2 fully saturated rings. The van der Waals surface area contributed by atoms with Gasteiger partial charge in [0.2, 0.25) is 11.5 Å². The van der Waals surface area contributed by atoms with Crippen LogP contribution in [0.5, 0.6) is 0 Å². The number of nitriles is 1. The van der Waals surface area contributed by atoms with Crippen LogP contribution in [0, 0.1) is 17.1 Å². The second-order valence-corrected chi connectivity index (χ2v) is 9.26. The van der Waals surface area contributed by atoms with Crippen LogP contribution in [0.4, 0.5) is 10.2 Å². The van der Waals surface area contributed by atoms with Crippen molar-refractivity contribution in [2.45, 2.75) is 56.0 Å². The summed E-state index contributed by atoms with van der Waals surface area (Å²) in [6, 6.07) is 10.3. The summed E-state index contributed by atoms with van der Waals surface area (Å²) in [4.78, 5) is 17.0. The molecule has 0 spiro atoms. The third-order valence-electron chi connectivity index (χ3n) is 6.36. The lowest BCUT2D eigenvalue weighted by molar-refractivity contribution is -0.204. The fourth-order valence-electron chi connectivity index (χ4n) is 4.73. The number of carbonyl (C=O) groups is 1. The number of fused-ring (bicyclic) bond motifs is 2. The zero-order valence-corrected chi connectivity index (χ0v) is 19.6. The van der Waals surface area contributed by atoms with Crippen molar-refractivity contribution in [3.05, 3.63) is 59.8 Å². The van der Waals surface area contributed by atoms with Crippen molar-refractivity contribution in [2.75, 3.05) is 11.9 Å². The average Bonchev–Trinajstić information content (AvgIpc) is 3.51. The number of nitrogens with zero attached hydrogens (tertiary/aromatic N) is 4. The molecule has 2 aromatic heterocycles. The third-order valence-corrected chi connectivity index (χ3v) is 6.36. The van der Waals surface area contributed by atoms with Crippen molar-refractivity contribution in [3.63, 3.8) is 0 Å². The van der Waals surface area contributed by atoms with Gasteiger partial charge in [0.05, 0.1) is 18.3 Å². The van der Waals surface area contributed by atoms with Crippen molar-refractivity contribution >= 4 is 17.2 Å². The maximum Gasteiger partial charge on any atom is 0.242 e. The highest BCUT2D eigenvalue weighted by atomic mass is 19.1. The summed E-state index contributed by atoms with van der Waals surface area (Å²) < 4.78 is 32.5. The van der Waals surface area contributed by atoms with E-state index in [1.165, 1.54) is 23.0 Å². The highest BCUT2D eigenvalue weighted by Crippen LogP contribution is 2.49. The van der Waals surface area contributed by atoms with Gasteiger partial charge in [0.1, 0.15) is 42.0 Å². The zero-order chi connectivity index (χ0) is 25.7. The molecule has 4 N–H and O–H groups in total. The number of anilines is 1. The predicted molar refractivity (Wildman–Crippen MR) is 123 cm³/mol. The van der Waals surface area contributed by atoms with Gasteiger partial charge in [-0.1, -0.05) is 12.1 Å². The summed E-state index contributed by atoms with van der Waals surface area (Å²) in [6.07, 6.45) is -0.851. The summed E-state index contributed by atoms with van der Waals surface area (Å²) in [5, 5.41) is 27.1. The first kappa shape index (κ1) is 24.2. The minimum absolute atomic E-state index is 0.182. The van der Waals surface area contributed by atoms with Crippen LogP contribution in [0.1, 0.15) is 25.1 Å². The van der Waals surface area contributed by atoms with Gasteiger partial charge in [-0.15, -0.1) is 0 Å². The first-order valence-corrected chi connectivity index (χ1v) is 11.4. The summed E-state index contributed by atoms with van der Waals surface area (Å²) in [5.41, 5.74) is 5.88. The molecule has 188 valence electrons. The second-order valence-electron chi connectivity index (χ2n) is 9.26. The van der Waals surface area contributed by atoms with E-state index in [1.807, 2.05) is 0 Å². The van der Waals surface area contributed by atoms with Crippen molar-refractivity contribution < 1.29 is 28.5 Å². The summed E-state index contributed by atoms with van der Waals surface area (Å²) >= 11 is 0. The highest BCUT2D eigenvalue weighted by Gasteiger charge is 2.65. The number of benzene rings is 1. The molecule has 36 heavy (non-hydrogen) atoms. The lowest BCUT2D eigenvalue weighted by Gasteiger charge is -2.28. The fraction of sp³-hybridized carbons (Fsp3) is 0.417. The Morgan fingerprint density at radius 2 is 2.03 bits per heavy atom. The number of hydrogen-bond acceptors (Lipinski definition) is 9. The minimum Gasteiger partial charge on any atom is -0.394 e. The monoisotopic (exact) mass is 496 g/mol. The van der Waals surface area contributed by atoms with Gasteiger partial charge in [0, 0.05) is 0 Å². The van der Waals surface area contributed by atoms with Crippen LogP contribution in [0.3, 0.4) is 0 Å². The third kappa shape index (κ3) is 4.01. The topological polar surface area (TPSA) is 157 Å². The van der Waals surface area contributed by atoms with Crippen LogP contribution >= 0.6 is 0 Å². The van der Waals surface area contributed by atoms with Gasteiger partial charge in [-0.05, 0) is 50.1 Å². The number of rotatable bonds is 6. The number of aliphatic hydroxyl groups excluding tert-OH is 1. The number of halogens is 1. The maximum absolute atomic E-state index is 13.2. The van der Waals surface area contributed by atoms with Gasteiger partial charge in [-0.3, -0.25) is 4.79 Å². The molecule has 2 saturated heterocycles. The van der Waals surface area contributed by atoms with Crippen LogP contribution in [0.2, 0.25) is 0 Å². The number of aliphatic hydroxyl groups is 1. The summed E-state index contributed by atoms with van der Waals surface area (Å²) in [7, 11) is 0. The number of nitrogens with two attached hydrogens (primary N) is 1. The summed E-state index contributed by atoms with van der Waals surface area (Å²) in [6.45, 7) is 3.09. The first-order valence-electron chi connectivity index (χ1n) is 11.4. The second kappa shape index (κ2) is 8.88. The quantitative estimate of drug-likeness (QED) is 0.453. The van der Waals surface area contributed by atoms with Gasteiger partial charge >= 0.3 is 0 Å². The van der Waals surface area contributed by atoms with Crippen molar-refractivity contribution in [1.29, 1.82) is 5.26 Å². The molecule has 1 amide bonds. The van der Waals surface area contributed by atoms with E-state index < -0.39 is 41.6 Å². The van der Waals surface area contributed by atoms with E-state index in [4.69, 9.17) is 19.9 Å². The first-order chi connectivity index (χ1) is 17.2. The molecular formula is C24H25FN6O5. The lowest BCUT2D eigenvalue weighted by atomic mass is 9.92. The van der Waals surface area contributed by atoms with E-state index >= 15 is 0 Å². The van der Waals surface area contributed by atoms with Gasteiger partial charge in [-0.25, -0.2) is 13.9 Å². The van der Waals surface area contributed by atoms with Crippen LogP contribution in [0.15, 0.2) is 42.7 Å². The Morgan fingerprint density at radius 1 is 1.28 bits per heavy atom. The number of hydrogen-bond donors (Lipinski definition) is 3. The Labute approximate surface area is 205 Å². The van der Waals surface area contributed by atoms with Gasteiger partial charge < -0.3 is 30.4 Å². The standard InChI is InChI=1S/C24H25FN6O5/c1-23(2)35-19-17(10-32)34-24(11-26,20(19)36-23)18-8-7-16-21(28-12-29-31(16)18)30-22(33)15(27)9-13-3-5-14(25)6-4-13/h3-8,12,15,17,19-20,32H,9-10,27H2,1-2H3,(H,28,29,30,33)/t15-,17+,19+,20+,24-/m0/s1. The Hall–Kier alpha value is -3.47. The SMILES string of the molecule is CC1(C)O[C@H]2[C@@H](O1)[C@](C#N)(c1ccc3c(NC(=O)[C@@H](N)Cc4ccc(F)cc4)ncnn13)O[C@@H]2CO. The largest absolute Gasteiger partial charge is 0.394 e. The summed E-state index contributed by atoms with van der Waals surface area (Å²) in [5.74, 6) is -1.66. The molecule has 0 saturated carbocycles. The Kier molecular flexibility index (Phi) is 5.98. The van der Waals surface area contributed by atoms with Crippen LogP contribution < -0.4 is 11.1 Å². The number of carbonyl (C=O) groups excluding carboxylic acids is 1. The van der Waals surface area contributed by atoms with E-state index in [2.05, 4.69) is 21.5 Å². The molecule has 0 unspecified atom stereocenters. The number of aromatic nitrogens is 3. The maximum atomic E-state index is 13.2. The van der Waals surface area contributed by atoms with Crippen LogP contribution in [-0.4, -0.2) is 62.4 Å². The molecule has 0 radical (unpaired) electrons. The average molecular weight is 496 g/mol. The van der Waals surface area contributed by atoms with E-state index in [-0.39, 0.29) is 24.7 Å². The van der Waals surface area contributed by atoms with E-state index in [0.717, 1.165) is 0 Å².